The van der Waals surface area contributed by atoms with Gasteiger partial charge >= 0.3 is 0 Å². The van der Waals surface area contributed by atoms with E-state index in [4.69, 9.17) is 9.15 Å². The Hall–Kier alpha value is -1.92. The van der Waals surface area contributed by atoms with Gasteiger partial charge in [-0.1, -0.05) is 18.2 Å². The van der Waals surface area contributed by atoms with Crippen LogP contribution in [-0.4, -0.2) is 59.3 Å². The Bertz CT molecular complexity index is 633. The van der Waals surface area contributed by atoms with Crippen molar-refractivity contribution in [2.75, 3.05) is 39.3 Å². The number of aromatic nitrogens is 2. The largest absolute Gasteiger partial charge is 0.492 e. The van der Waals surface area contributed by atoms with Gasteiger partial charge in [-0.25, -0.2) is 0 Å². The Balaban J connectivity index is 1.16. The molecule has 24 heavy (non-hydrogen) atoms. The third kappa shape index (κ3) is 4.13. The summed E-state index contributed by atoms with van der Waals surface area (Å²) in [5.74, 6) is 3.08. The minimum atomic E-state index is 0.535. The molecule has 0 amide bonds. The Morgan fingerprint density at radius 2 is 1.75 bits per heavy atom. The molecule has 1 aliphatic carbocycles. The first-order valence-corrected chi connectivity index (χ1v) is 8.82. The van der Waals surface area contributed by atoms with Crippen molar-refractivity contribution < 1.29 is 9.15 Å². The van der Waals surface area contributed by atoms with E-state index in [9.17, 15) is 0 Å². The van der Waals surface area contributed by atoms with E-state index in [-0.39, 0.29) is 0 Å². The van der Waals surface area contributed by atoms with Gasteiger partial charge in [-0.15, -0.1) is 10.2 Å². The van der Waals surface area contributed by atoms with Gasteiger partial charge in [0.2, 0.25) is 11.8 Å². The number of piperazine rings is 1. The second-order valence-electron chi connectivity index (χ2n) is 6.59. The lowest BCUT2D eigenvalue weighted by molar-refractivity contribution is 0.106. The normalized spacial score (nSPS) is 19.5. The van der Waals surface area contributed by atoms with Crippen LogP contribution in [0.3, 0.4) is 0 Å². The fraction of sp³-hybridized carbons (Fsp3) is 0.556. The van der Waals surface area contributed by atoms with Crippen LogP contribution in [0, 0.1) is 0 Å². The number of para-hydroxylation sites is 1. The van der Waals surface area contributed by atoms with Crippen molar-refractivity contribution in [3.8, 4) is 5.75 Å². The second-order valence-corrected chi connectivity index (χ2v) is 6.59. The van der Waals surface area contributed by atoms with Gasteiger partial charge in [-0.2, -0.15) is 0 Å². The zero-order chi connectivity index (χ0) is 16.2. The molecule has 0 unspecified atom stereocenters. The molecule has 2 aromatic rings. The quantitative estimate of drug-likeness (QED) is 0.776. The predicted molar refractivity (Wildman–Crippen MR) is 89.9 cm³/mol. The maximum absolute atomic E-state index is 5.77. The maximum Gasteiger partial charge on any atom is 0.230 e. The average Bonchev–Trinajstić information content (AvgIpc) is 3.37. The molecule has 2 heterocycles. The summed E-state index contributed by atoms with van der Waals surface area (Å²) in [6.07, 6.45) is 2.40. The van der Waals surface area contributed by atoms with E-state index in [0.29, 0.717) is 5.92 Å². The average molecular weight is 328 g/mol. The number of hydrogen-bond donors (Lipinski definition) is 0. The molecule has 6 heteroatoms. The van der Waals surface area contributed by atoms with E-state index in [1.54, 1.807) is 0 Å². The van der Waals surface area contributed by atoms with Gasteiger partial charge in [0, 0.05) is 38.6 Å². The highest BCUT2D eigenvalue weighted by atomic mass is 16.5. The maximum atomic E-state index is 5.77. The molecule has 1 aromatic heterocycles. The summed E-state index contributed by atoms with van der Waals surface area (Å²) in [7, 11) is 0. The third-order valence-electron chi connectivity index (χ3n) is 4.65. The fourth-order valence-corrected chi connectivity index (χ4v) is 3.00. The van der Waals surface area contributed by atoms with Crippen LogP contribution in [0.2, 0.25) is 0 Å². The Morgan fingerprint density at radius 1 is 1.00 bits per heavy atom. The molecule has 2 fully saturated rings. The molecule has 0 atom stereocenters. The highest BCUT2D eigenvalue weighted by Gasteiger charge is 2.29. The summed E-state index contributed by atoms with van der Waals surface area (Å²) in [6, 6.07) is 10.0. The lowest BCUT2D eigenvalue weighted by atomic mass is 10.3. The molecule has 2 aliphatic rings. The number of ether oxygens (including phenoxy) is 1. The van der Waals surface area contributed by atoms with Gasteiger partial charge in [0.05, 0.1) is 6.54 Å². The zero-order valence-corrected chi connectivity index (χ0v) is 13.9. The SMILES string of the molecule is c1ccc(OCCN2CCN(Cc3nnc(C4CC4)o3)CC2)cc1. The summed E-state index contributed by atoms with van der Waals surface area (Å²) >= 11 is 0. The van der Waals surface area contributed by atoms with E-state index < -0.39 is 0 Å². The number of nitrogens with zero attached hydrogens (tertiary/aromatic N) is 4. The summed E-state index contributed by atoms with van der Waals surface area (Å²) in [4.78, 5) is 4.83. The molecular weight excluding hydrogens is 304 g/mol. The predicted octanol–water partition coefficient (Wildman–Crippen LogP) is 2.14. The monoisotopic (exact) mass is 328 g/mol. The van der Waals surface area contributed by atoms with Gasteiger partial charge in [-0.3, -0.25) is 9.80 Å². The van der Waals surface area contributed by atoms with E-state index in [1.165, 1.54) is 12.8 Å². The van der Waals surface area contributed by atoms with Crippen molar-refractivity contribution in [3.63, 3.8) is 0 Å². The molecule has 1 saturated carbocycles. The first-order chi connectivity index (χ1) is 11.9. The molecule has 4 rings (SSSR count). The zero-order valence-electron chi connectivity index (χ0n) is 13.9. The van der Waals surface area contributed by atoms with Crippen molar-refractivity contribution in [1.29, 1.82) is 0 Å². The molecule has 0 bridgehead atoms. The van der Waals surface area contributed by atoms with Crippen molar-refractivity contribution >= 4 is 0 Å². The van der Waals surface area contributed by atoms with Gasteiger partial charge in [0.25, 0.3) is 0 Å². The van der Waals surface area contributed by atoms with Crippen LogP contribution in [0.1, 0.15) is 30.5 Å². The molecule has 0 spiro atoms. The topological polar surface area (TPSA) is 54.6 Å². The number of hydrogen-bond acceptors (Lipinski definition) is 6. The Labute approximate surface area is 142 Å². The van der Waals surface area contributed by atoms with Crippen LogP contribution >= 0.6 is 0 Å². The van der Waals surface area contributed by atoms with Gasteiger partial charge in [-0.05, 0) is 25.0 Å². The first-order valence-electron chi connectivity index (χ1n) is 8.82. The second kappa shape index (κ2) is 7.32. The number of benzene rings is 1. The number of rotatable bonds is 7. The molecule has 1 aliphatic heterocycles. The fourth-order valence-electron chi connectivity index (χ4n) is 3.00. The molecule has 6 nitrogen and oxygen atoms in total. The lowest BCUT2D eigenvalue weighted by Crippen LogP contribution is -2.47. The molecule has 0 N–H and O–H groups in total. The first kappa shape index (κ1) is 15.6. The van der Waals surface area contributed by atoms with Gasteiger partial charge in [0.15, 0.2) is 0 Å². The Kier molecular flexibility index (Phi) is 4.76. The minimum Gasteiger partial charge on any atom is -0.492 e. The smallest absolute Gasteiger partial charge is 0.230 e. The van der Waals surface area contributed by atoms with E-state index >= 15 is 0 Å². The molecular formula is C18H24N4O2. The minimum absolute atomic E-state index is 0.535. The summed E-state index contributed by atoms with van der Waals surface area (Å²) in [5, 5.41) is 8.34. The van der Waals surface area contributed by atoms with Crippen LogP contribution in [0.5, 0.6) is 5.75 Å². The van der Waals surface area contributed by atoms with Crippen molar-refractivity contribution in [2.24, 2.45) is 0 Å². The highest BCUT2D eigenvalue weighted by molar-refractivity contribution is 5.20. The van der Waals surface area contributed by atoms with Crippen molar-refractivity contribution in [3.05, 3.63) is 42.1 Å². The third-order valence-corrected chi connectivity index (χ3v) is 4.65. The van der Waals surface area contributed by atoms with E-state index in [0.717, 1.165) is 63.4 Å². The van der Waals surface area contributed by atoms with Crippen molar-refractivity contribution in [2.45, 2.75) is 25.3 Å². The van der Waals surface area contributed by atoms with Crippen LogP contribution in [0.25, 0.3) is 0 Å². The van der Waals surface area contributed by atoms with E-state index in [2.05, 4.69) is 20.0 Å². The molecule has 0 radical (unpaired) electrons. The van der Waals surface area contributed by atoms with Crippen LogP contribution in [0.15, 0.2) is 34.7 Å². The Morgan fingerprint density at radius 3 is 2.50 bits per heavy atom. The lowest BCUT2D eigenvalue weighted by Gasteiger charge is -2.33. The molecule has 128 valence electrons. The van der Waals surface area contributed by atoms with Crippen LogP contribution in [-0.2, 0) is 6.54 Å². The standard InChI is InChI=1S/C18H24N4O2/c1-2-4-16(5-3-1)23-13-12-21-8-10-22(11-9-21)14-17-19-20-18(24-17)15-6-7-15/h1-5,15H,6-14H2. The highest BCUT2D eigenvalue weighted by Crippen LogP contribution is 2.39. The van der Waals surface area contributed by atoms with Crippen molar-refractivity contribution in [1.82, 2.24) is 20.0 Å². The summed E-state index contributed by atoms with van der Waals surface area (Å²) in [5.41, 5.74) is 0. The van der Waals surface area contributed by atoms with Gasteiger partial charge < -0.3 is 9.15 Å². The van der Waals surface area contributed by atoms with Crippen LogP contribution < -0.4 is 4.74 Å². The molecule has 1 saturated heterocycles. The van der Waals surface area contributed by atoms with Gasteiger partial charge in [0.1, 0.15) is 12.4 Å². The summed E-state index contributed by atoms with van der Waals surface area (Å²) in [6.45, 7) is 6.66. The van der Waals surface area contributed by atoms with E-state index in [1.807, 2.05) is 30.3 Å². The molecule has 1 aromatic carbocycles. The van der Waals surface area contributed by atoms with Crippen LogP contribution in [0.4, 0.5) is 0 Å². The summed E-state index contributed by atoms with van der Waals surface area (Å²) < 4.78 is 11.5.